The average Bonchev–Trinajstić information content (AvgIpc) is 2.94. The molecule has 0 radical (unpaired) electrons. The molecule has 0 spiro atoms. The molecule has 0 saturated carbocycles. The van der Waals surface area contributed by atoms with Gasteiger partial charge >= 0.3 is 5.97 Å². The molecular weight excluding hydrogens is 350 g/mol. The Kier molecular flexibility index (Phi) is 3.93. The summed E-state index contributed by atoms with van der Waals surface area (Å²) in [5, 5.41) is 14.7. The number of esters is 1. The molecule has 0 saturated heterocycles. The van der Waals surface area contributed by atoms with E-state index in [2.05, 4.69) is 36.8 Å². The fourth-order valence-corrected chi connectivity index (χ4v) is 2.70. The molecule has 114 valence electrons. The lowest BCUT2D eigenvalue weighted by molar-refractivity contribution is -0.139. The number of nitrogens with one attached hydrogen (secondary N) is 1. The summed E-state index contributed by atoms with van der Waals surface area (Å²) in [4.78, 5) is 12.4. The number of rotatable bonds is 3. The highest BCUT2D eigenvalue weighted by Crippen LogP contribution is 2.35. The second-order valence-corrected chi connectivity index (χ2v) is 5.70. The number of ether oxygens (including phenoxy) is 1. The molecular formula is C14H14BrN5O2. The molecule has 2 aromatic rings. The number of nitrogens with zero attached hydrogens (tertiary/aromatic N) is 4. The first-order valence-corrected chi connectivity index (χ1v) is 7.59. The Balaban J connectivity index is 2.13. The van der Waals surface area contributed by atoms with Crippen LogP contribution >= 0.6 is 15.9 Å². The van der Waals surface area contributed by atoms with E-state index in [-0.39, 0.29) is 5.97 Å². The highest BCUT2D eigenvalue weighted by Gasteiger charge is 2.34. The lowest BCUT2D eigenvalue weighted by Gasteiger charge is -2.27. The first-order chi connectivity index (χ1) is 10.6. The van der Waals surface area contributed by atoms with E-state index in [4.69, 9.17) is 4.74 Å². The molecule has 1 aliphatic rings. The third kappa shape index (κ3) is 2.50. The molecule has 0 fully saturated rings. The maximum absolute atomic E-state index is 12.4. The quantitative estimate of drug-likeness (QED) is 0.842. The van der Waals surface area contributed by atoms with Crippen LogP contribution < -0.4 is 5.32 Å². The van der Waals surface area contributed by atoms with Crippen molar-refractivity contribution in [3.8, 4) is 0 Å². The van der Waals surface area contributed by atoms with Gasteiger partial charge in [0.05, 0.1) is 12.2 Å². The molecule has 1 N–H and O–H groups in total. The van der Waals surface area contributed by atoms with Gasteiger partial charge in [0.1, 0.15) is 6.04 Å². The summed E-state index contributed by atoms with van der Waals surface area (Å²) >= 11 is 3.41. The standard InChI is InChI=1S/C14H14BrN5O2/c1-3-22-13(21)11-8(2)16-14-17-18-19-20(14)12(11)9-4-6-10(15)7-5-9/h4-7,12H,3H2,1-2H3,(H,16,17,19)/t12-/m0/s1. The fraction of sp³-hybridized carbons (Fsp3) is 0.286. The van der Waals surface area contributed by atoms with Crippen molar-refractivity contribution in [3.63, 3.8) is 0 Å². The molecule has 3 rings (SSSR count). The Morgan fingerprint density at radius 2 is 2.14 bits per heavy atom. The van der Waals surface area contributed by atoms with Crippen molar-refractivity contribution in [2.75, 3.05) is 11.9 Å². The lowest BCUT2D eigenvalue weighted by Crippen LogP contribution is -2.29. The topological polar surface area (TPSA) is 81.9 Å². The van der Waals surface area contributed by atoms with E-state index in [9.17, 15) is 4.79 Å². The first-order valence-electron chi connectivity index (χ1n) is 6.80. The molecule has 1 aromatic heterocycles. The molecule has 0 unspecified atom stereocenters. The van der Waals surface area contributed by atoms with Gasteiger partial charge in [0, 0.05) is 10.2 Å². The number of aromatic nitrogens is 4. The van der Waals surface area contributed by atoms with Gasteiger partial charge in [-0.3, -0.25) is 0 Å². The van der Waals surface area contributed by atoms with Gasteiger partial charge in [0.15, 0.2) is 0 Å². The Morgan fingerprint density at radius 3 is 2.82 bits per heavy atom. The van der Waals surface area contributed by atoms with Crippen molar-refractivity contribution in [1.29, 1.82) is 0 Å². The van der Waals surface area contributed by atoms with Crippen LogP contribution in [0.4, 0.5) is 5.95 Å². The molecule has 1 atom stereocenters. The number of hydrogen-bond acceptors (Lipinski definition) is 6. The minimum Gasteiger partial charge on any atom is -0.463 e. The number of allylic oxidation sites excluding steroid dienone is 1. The Hall–Kier alpha value is -2.22. The second kappa shape index (κ2) is 5.88. The lowest BCUT2D eigenvalue weighted by atomic mass is 9.96. The zero-order valence-corrected chi connectivity index (χ0v) is 13.7. The van der Waals surface area contributed by atoms with Gasteiger partial charge in [-0.1, -0.05) is 33.2 Å². The van der Waals surface area contributed by atoms with Crippen molar-refractivity contribution in [2.24, 2.45) is 0 Å². The van der Waals surface area contributed by atoms with Crippen molar-refractivity contribution < 1.29 is 9.53 Å². The van der Waals surface area contributed by atoms with Crippen molar-refractivity contribution in [1.82, 2.24) is 20.2 Å². The third-order valence-corrected chi connectivity index (χ3v) is 3.92. The van der Waals surface area contributed by atoms with E-state index < -0.39 is 6.04 Å². The normalized spacial score (nSPS) is 17.0. The van der Waals surface area contributed by atoms with E-state index in [1.165, 1.54) is 0 Å². The van der Waals surface area contributed by atoms with Gasteiger partial charge in [-0.05, 0) is 42.0 Å². The first kappa shape index (κ1) is 14.7. The molecule has 2 heterocycles. The van der Waals surface area contributed by atoms with E-state index in [0.29, 0.717) is 23.8 Å². The largest absolute Gasteiger partial charge is 0.463 e. The van der Waals surface area contributed by atoms with Crippen LogP contribution in [0.2, 0.25) is 0 Å². The van der Waals surface area contributed by atoms with Gasteiger partial charge in [-0.15, -0.1) is 0 Å². The summed E-state index contributed by atoms with van der Waals surface area (Å²) in [5.41, 5.74) is 2.10. The van der Waals surface area contributed by atoms with Crippen LogP contribution in [0, 0.1) is 0 Å². The molecule has 22 heavy (non-hydrogen) atoms. The summed E-state index contributed by atoms with van der Waals surface area (Å²) in [6, 6.07) is 7.27. The van der Waals surface area contributed by atoms with Gasteiger partial charge in [0.25, 0.3) is 0 Å². The van der Waals surface area contributed by atoms with Crippen LogP contribution in [0.1, 0.15) is 25.5 Å². The smallest absolute Gasteiger partial charge is 0.338 e. The number of benzene rings is 1. The fourth-order valence-electron chi connectivity index (χ4n) is 2.44. The van der Waals surface area contributed by atoms with Crippen LogP contribution in [0.15, 0.2) is 40.0 Å². The van der Waals surface area contributed by atoms with Crippen molar-refractivity contribution >= 4 is 27.8 Å². The number of halogens is 1. The van der Waals surface area contributed by atoms with Crippen LogP contribution in [-0.4, -0.2) is 32.8 Å². The minimum atomic E-state index is -0.418. The number of carbonyl (C=O) groups excluding carboxylic acids is 1. The van der Waals surface area contributed by atoms with Gasteiger partial charge in [-0.25, -0.2) is 4.79 Å². The Bertz CT molecular complexity index is 738. The summed E-state index contributed by atoms with van der Waals surface area (Å²) < 4.78 is 7.74. The van der Waals surface area contributed by atoms with E-state index in [1.54, 1.807) is 11.6 Å². The zero-order chi connectivity index (χ0) is 15.7. The molecule has 1 aromatic carbocycles. The molecule has 0 bridgehead atoms. The van der Waals surface area contributed by atoms with Crippen molar-refractivity contribution in [3.05, 3.63) is 45.6 Å². The summed E-state index contributed by atoms with van der Waals surface area (Å²) in [6.45, 7) is 3.91. The van der Waals surface area contributed by atoms with E-state index in [1.807, 2.05) is 31.2 Å². The number of tetrazole rings is 1. The maximum Gasteiger partial charge on any atom is 0.338 e. The molecule has 7 nitrogen and oxygen atoms in total. The zero-order valence-electron chi connectivity index (χ0n) is 12.1. The summed E-state index contributed by atoms with van der Waals surface area (Å²) in [7, 11) is 0. The summed E-state index contributed by atoms with van der Waals surface area (Å²) in [5.74, 6) is 0.125. The third-order valence-electron chi connectivity index (χ3n) is 3.40. The predicted molar refractivity (Wildman–Crippen MR) is 83.1 cm³/mol. The second-order valence-electron chi connectivity index (χ2n) is 4.79. The van der Waals surface area contributed by atoms with Gasteiger partial charge in [-0.2, -0.15) is 4.68 Å². The molecule has 0 amide bonds. The monoisotopic (exact) mass is 363 g/mol. The van der Waals surface area contributed by atoms with Crippen LogP contribution in [0.3, 0.4) is 0 Å². The number of hydrogen-bond donors (Lipinski definition) is 1. The number of carbonyl (C=O) groups is 1. The summed E-state index contributed by atoms with van der Waals surface area (Å²) in [6.07, 6.45) is 0. The van der Waals surface area contributed by atoms with Crippen LogP contribution in [0.25, 0.3) is 0 Å². The Morgan fingerprint density at radius 1 is 1.41 bits per heavy atom. The van der Waals surface area contributed by atoms with Crippen LogP contribution in [-0.2, 0) is 9.53 Å². The maximum atomic E-state index is 12.4. The predicted octanol–water partition coefficient (Wildman–Crippen LogP) is 2.29. The Labute approximate surface area is 135 Å². The number of fused-ring (bicyclic) bond motifs is 1. The van der Waals surface area contributed by atoms with Gasteiger partial charge in [0.2, 0.25) is 5.95 Å². The highest BCUT2D eigenvalue weighted by atomic mass is 79.9. The van der Waals surface area contributed by atoms with Crippen molar-refractivity contribution in [2.45, 2.75) is 19.9 Å². The molecule has 1 aliphatic heterocycles. The average molecular weight is 364 g/mol. The minimum absolute atomic E-state index is 0.311. The van der Waals surface area contributed by atoms with Gasteiger partial charge < -0.3 is 10.1 Å². The SMILES string of the molecule is CCOC(=O)C1=C(C)Nc2nnnn2[C@H]1c1ccc(Br)cc1. The van der Waals surface area contributed by atoms with E-state index >= 15 is 0 Å². The molecule has 0 aliphatic carbocycles. The highest BCUT2D eigenvalue weighted by molar-refractivity contribution is 9.10. The van der Waals surface area contributed by atoms with E-state index in [0.717, 1.165) is 10.0 Å². The van der Waals surface area contributed by atoms with Crippen LogP contribution in [0.5, 0.6) is 0 Å². The molecule has 8 heteroatoms. The number of anilines is 1.